The van der Waals surface area contributed by atoms with Gasteiger partial charge in [0.25, 0.3) is 0 Å². The van der Waals surface area contributed by atoms with Crippen LogP contribution in [-0.2, 0) is 16.1 Å². The van der Waals surface area contributed by atoms with Crippen LogP contribution in [0.3, 0.4) is 0 Å². The van der Waals surface area contributed by atoms with Crippen molar-refractivity contribution in [3.63, 3.8) is 0 Å². The molecule has 3 nitrogen and oxygen atoms in total. The van der Waals surface area contributed by atoms with Crippen LogP contribution < -0.4 is 0 Å². The number of hydrogen-bond donors (Lipinski definition) is 0. The van der Waals surface area contributed by atoms with Crippen LogP contribution in [0.4, 0.5) is 18.9 Å². The molecule has 80 valence electrons. The molecule has 0 saturated carbocycles. The normalized spacial score (nSPS) is 10.9. The Labute approximate surface area is 83.2 Å². The van der Waals surface area contributed by atoms with Crippen molar-refractivity contribution in [2.45, 2.75) is 13.0 Å². The summed E-state index contributed by atoms with van der Waals surface area (Å²) in [5.74, 6) is 0. The largest absolute Gasteiger partial charge is 0.522 e. The van der Waals surface area contributed by atoms with E-state index in [1.54, 1.807) is 0 Å². The zero-order valence-corrected chi connectivity index (χ0v) is 7.41. The molecule has 0 saturated heterocycles. The van der Waals surface area contributed by atoms with E-state index in [1.807, 2.05) is 0 Å². The van der Waals surface area contributed by atoms with Gasteiger partial charge in [-0.25, -0.2) is 4.79 Å². The molecular weight excluding hydrogens is 211 g/mol. The Balaban J connectivity index is 2.61. The molecule has 0 aliphatic rings. The van der Waals surface area contributed by atoms with E-state index in [1.165, 1.54) is 30.3 Å². The van der Waals surface area contributed by atoms with E-state index >= 15 is 0 Å². The Kier molecular flexibility index (Phi) is 3.60. The first kappa shape index (κ1) is 11.4. The second kappa shape index (κ2) is 4.72. The fourth-order valence-electron chi connectivity index (χ4n) is 0.885. The number of alkyl halides is 3. The molecule has 0 fully saturated rings. The zero-order valence-electron chi connectivity index (χ0n) is 7.41. The summed E-state index contributed by atoms with van der Waals surface area (Å²) in [4.78, 5) is 13.1. The van der Waals surface area contributed by atoms with Gasteiger partial charge in [-0.2, -0.15) is 4.99 Å². The van der Waals surface area contributed by atoms with Gasteiger partial charge in [-0.3, -0.25) is 4.74 Å². The highest BCUT2D eigenvalue weighted by atomic mass is 19.4. The van der Waals surface area contributed by atoms with E-state index in [-0.39, 0.29) is 0 Å². The number of rotatable bonds is 3. The van der Waals surface area contributed by atoms with E-state index in [0.717, 1.165) is 0 Å². The molecule has 0 aliphatic carbocycles. The lowest BCUT2D eigenvalue weighted by Crippen LogP contribution is -2.12. The fraction of sp³-hybridized carbons (Fsp3) is 0.222. The Morgan fingerprint density at radius 1 is 1.27 bits per heavy atom. The minimum absolute atomic E-state index is 0.334. The third-order valence-electron chi connectivity index (χ3n) is 1.51. The topological polar surface area (TPSA) is 38.7 Å². The second-order valence-corrected chi connectivity index (χ2v) is 2.60. The number of halogens is 3. The van der Waals surface area contributed by atoms with Gasteiger partial charge in [0, 0.05) is 0 Å². The predicted octanol–water partition coefficient (Wildman–Crippen LogP) is 2.69. The Hall–Kier alpha value is -1.65. The van der Waals surface area contributed by atoms with Crippen LogP contribution in [0.15, 0.2) is 29.3 Å². The molecule has 0 radical (unpaired) electrons. The van der Waals surface area contributed by atoms with Crippen molar-refractivity contribution in [1.82, 2.24) is 0 Å². The van der Waals surface area contributed by atoms with Crippen molar-refractivity contribution in [2.24, 2.45) is 4.99 Å². The van der Waals surface area contributed by atoms with E-state index in [4.69, 9.17) is 0 Å². The number of hydrogen-bond acceptors (Lipinski definition) is 3. The van der Waals surface area contributed by atoms with E-state index in [0.29, 0.717) is 11.3 Å². The molecule has 1 aromatic carbocycles. The number of aliphatic imine (C=N–C) groups is 1. The zero-order chi connectivity index (χ0) is 11.3. The molecule has 0 heterocycles. The number of nitrogens with zero attached hydrogens (tertiary/aromatic N) is 1. The lowest BCUT2D eigenvalue weighted by atomic mass is 10.2. The summed E-state index contributed by atoms with van der Waals surface area (Å²) < 4.78 is 38.6. The smallest absolute Gasteiger partial charge is 0.287 e. The summed E-state index contributed by atoms with van der Waals surface area (Å²) in [6, 6.07) is 5.59. The van der Waals surface area contributed by atoms with Crippen molar-refractivity contribution in [1.29, 1.82) is 0 Å². The summed E-state index contributed by atoms with van der Waals surface area (Å²) in [6.45, 7) is -0.561. The van der Waals surface area contributed by atoms with Gasteiger partial charge in [-0.05, 0) is 17.7 Å². The summed E-state index contributed by atoms with van der Waals surface area (Å²) in [5.41, 5.74) is 0.679. The second-order valence-electron chi connectivity index (χ2n) is 2.60. The molecule has 0 N–H and O–H groups in total. The average Bonchev–Trinajstić information content (AvgIpc) is 2.16. The lowest BCUT2D eigenvalue weighted by Gasteiger charge is -2.06. The molecule has 0 unspecified atom stereocenters. The molecular formula is C9H6F3NO2. The van der Waals surface area contributed by atoms with Gasteiger partial charge in [-0.1, -0.05) is 12.1 Å². The van der Waals surface area contributed by atoms with Gasteiger partial charge in [0.15, 0.2) is 0 Å². The maximum absolute atomic E-state index is 11.6. The van der Waals surface area contributed by atoms with Crippen molar-refractivity contribution in [3.8, 4) is 0 Å². The number of ether oxygens (including phenoxy) is 1. The lowest BCUT2D eigenvalue weighted by molar-refractivity contribution is -0.330. The van der Waals surface area contributed by atoms with Crippen LogP contribution in [0.5, 0.6) is 0 Å². The molecule has 0 aliphatic heterocycles. The number of carbonyl (C=O) groups excluding carboxylic acids is 1. The van der Waals surface area contributed by atoms with Crippen molar-refractivity contribution in [3.05, 3.63) is 29.8 Å². The predicted molar refractivity (Wildman–Crippen MR) is 45.1 cm³/mol. The Morgan fingerprint density at radius 3 is 2.33 bits per heavy atom. The monoisotopic (exact) mass is 217 g/mol. The first-order valence-electron chi connectivity index (χ1n) is 3.89. The summed E-state index contributed by atoms with van der Waals surface area (Å²) in [7, 11) is 0. The Morgan fingerprint density at radius 2 is 1.87 bits per heavy atom. The van der Waals surface area contributed by atoms with E-state index in [2.05, 4.69) is 9.73 Å². The third-order valence-corrected chi connectivity index (χ3v) is 1.51. The maximum Gasteiger partial charge on any atom is 0.522 e. The summed E-state index contributed by atoms with van der Waals surface area (Å²) in [5, 5.41) is 0. The molecule has 6 heteroatoms. The van der Waals surface area contributed by atoms with Crippen LogP contribution in [0, 0.1) is 0 Å². The van der Waals surface area contributed by atoms with E-state index < -0.39 is 13.0 Å². The summed E-state index contributed by atoms with van der Waals surface area (Å²) >= 11 is 0. The van der Waals surface area contributed by atoms with Crippen molar-refractivity contribution < 1.29 is 22.7 Å². The molecule has 0 spiro atoms. The van der Waals surface area contributed by atoms with Crippen LogP contribution in [0.1, 0.15) is 5.56 Å². The molecule has 0 bridgehead atoms. The van der Waals surface area contributed by atoms with Crippen LogP contribution >= 0.6 is 0 Å². The maximum atomic E-state index is 11.6. The van der Waals surface area contributed by atoms with Gasteiger partial charge < -0.3 is 0 Å². The van der Waals surface area contributed by atoms with Gasteiger partial charge in [-0.15, -0.1) is 13.2 Å². The molecule has 1 rings (SSSR count). The SMILES string of the molecule is O=C=Nc1ccc(COC(F)(F)F)cc1. The number of benzene rings is 1. The van der Waals surface area contributed by atoms with Gasteiger partial charge in [0.2, 0.25) is 6.08 Å². The molecule has 15 heavy (non-hydrogen) atoms. The van der Waals surface area contributed by atoms with Crippen LogP contribution in [0.2, 0.25) is 0 Å². The molecule has 1 aromatic rings. The first-order valence-corrected chi connectivity index (χ1v) is 3.89. The van der Waals surface area contributed by atoms with E-state index in [9.17, 15) is 18.0 Å². The van der Waals surface area contributed by atoms with Crippen molar-refractivity contribution in [2.75, 3.05) is 0 Å². The fourth-order valence-corrected chi connectivity index (χ4v) is 0.885. The molecule has 0 atom stereocenters. The highest BCUT2D eigenvalue weighted by Crippen LogP contribution is 2.19. The first-order chi connectivity index (χ1) is 7.01. The third kappa shape index (κ3) is 4.39. The van der Waals surface area contributed by atoms with Gasteiger partial charge in [0.1, 0.15) is 0 Å². The van der Waals surface area contributed by atoms with Gasteiger partial charge in [0.05, 0.1) is 12.3 Å². The Bertz CT molecular complexity index is 366. The quantitative estimate of drug-likeness (QED) is 0.576. The highest BCUT2D eigenvalue weighted by molar-refractivity contribution is 5.48. The minimum atomic E-state index is -4.64. The molecule has 0 amide bonds. The average molecular weight is 217 g/mol. The summed E-state index contributed by atoms with van der Waals surface area (Å²) in [6.07, 6.45) is -3.32. The van der Waals surface area contributed by atoms with Gasteiger partial charge >= 0.3 is 6.36 Å². The van der Waals surface area contributed by atoms with Crippen molar-refractivity contribution >= 4 is 11.8 Å². The van der Waals surface area contributed by atoms with Crippen LogP contribution in [-0.4, -0.2) is 12.4 Å². The minimum Gasteiger partial charge on any atom is -0.287 e. The highest BCUT2D eigenvalue weighted by Gasteiger charge is 2.28. The molecule has 0 aromatic heterocycles. The standard InChI is InChI=1S/C9H6F3NO2/c10-9(11,12)15-5-7-1-3-8(4-2-7)13-6-14/h1-4H,5H2. The van der Waals surface area contributed by atoms with Crippen LogP contribution in [0.25, 0.3) is 0 Å². The number of isocyanates is 1.